The molecule has 0 atom stereocenters. The Morgan fingerprint density at radius 3 is 2.40 bits per heavy atom. The van der Waals surface area contributed by atoms with Crippen molar-refractivity contribution >= 4 is 38.6 Å². The summed E-state index contributed by atoms with van der Waals surface area (Å²) in [6, 6.07) is 8.61. The molecule has 1 aromatic carbocycles. The van der Waals surface area contributed by atoms with Gasteiger partial charge in [0.05, 0.1) is 9.92 Å². The minimum absolute atomic E-state index is 0.284. The number of anilines is 1. The molecule has 0 aliphatic rings. The highest BCUT2D eigenvalue weighted by atomic mass is 35.5. The smallest absolute Gasteiger partial charge is 0.242 e. The minimum Gasteiger partial charge on any atom is -0.380 e. The molecule has 4 nitrogen and oxygen atoms in total. The van der Waals surface area contributed by atoms with Crippen LogP contribution in [0.2, 0.25) is 5.02 Å². The van der Waals surface area contributed by atoms with Gasteiger partial charge in [-0.15, -0.1) is 11.3 Å². The van der Waals surface area contributed by atoms with E-state index in [0.717, 1.165) is 15.6 Å². The third-order valence-corrected chi connectivity index (χ3v) is 5.84. The van der Waals surface area contributed by atoms with Gasteiger partial charge >= 0.3 is 0 Å². The molecule has 0 unspecified atom stereocenters. The third kappa shape index (κ3) is 3.52. The Labute approximate surface area is 128 Å². The van der Waals surface area contributed by atoms with Gasteiger partial charge in [-0.2, -0.15) is 0 Å². The number of nitrogens with zero attached hydrogens (tertiary/aromatic N) is 1. The molecule has 0 saturated carbocycles. The maximum Gasteiger partial charge on any atom is 0.242 e. The highest BCUT2D eigenvalue weighted by Crippen LogP contribution is 2.21. The van der Waals surface area contributed by atoms with Crippen LogP contribution in [0, 0.1) is 0 Å². The van der Waals surface area contributed by atoms with Gasteiger partial charge in [-0.3, -0.25) is 0 Å². The van der Waals surface area contributed by atoms with Crippen molar-refractivity contribution in [3.05, 3.63) is 45.6 Å². The summed E-state index contributed by atoms with van der Waals surface area (Å²) >= 11 is 7.44. The maximum absolute atomic E-state index is 11.9. The van der Waals surface area contributed by atoms with Crippen LogP contribution in [-0.2, 0) is 16.6 Å². The predicted octanol–water partition coefficient (Wildman–Crippen LogP) is 3.26. The van der Waals surface area contributed by atoms with Gasteiger partial charge in [0, 0.05) is 36.6 Å². The fourth-order valence-corrected chi connectivity index (χ4v) is 3.51. The zero-order valence-electron chi connectivity index (χ0n) is 11.1. The summed E-state index contributed by atoms with van der Waals surface area (Å²) in [6.07, 6.45) is 0. The van der Waals surface area contributed by atoms with Gasteiger partial charge in [-0.05, 0) is 30.3 Å². The molecule has 0 spiro atoms. The Hall–Kier alpha value is -1.08. The second-order valence-electron chi connectivity index (χ2n) is 4.40. The van der Waals surface area contributed by atoms with Gasteiger partial charge in [0.15, 0.2) is 0 Å². The van der Waals surface area contributed by atoms with Crippen LogP contribution < -0.4 is 5.32 Å². The fraction of sp³-hybridized carbons (Fsp3) is 0.231. The van der Waals surface area contributed by atoms with E-state index < -0.39 is 10.0 Å². The summed E-state index contributed by atoms with van der Waals surface area (Å²) in [6.45, 7) is 0.664. The van der Waals surface area contributed by atoms with Gasteiger partial charge in [0.25, 0.3) is 0 Å². The van der Waals surface area contributed by atoms with Crippen molar-refractivity contribution in [1.29, 1.82) is 0 Å². The summed E-state index contributed by atoms with van der Waals surface area (Å²) in [4.78, 5) is 1.41. The molecule has 1 heterocycles. The van der Waals surface area contributed by atoms with Crippen molar-refractivity contribution in [1.82, 2.24) is 4.31 Å². The van der Waals surface area contributed by atoms with E-state index >= 15 is 0 Å². The number of sulfonamides is 1. The van der Waals surface area contributed by atoms with Gasteiger partial charge in [-0.25, -0.2) is 12.7 Å². The Kier molecular flexibility index (Phi) is 4.70. The molecule has 108 valence electrons. The minimum atomic E-state index is -3.37. The second-order valence-corrected chi connectivity index (χ2v) is 7.98. The number of benzene rings is 1. The lowest BCUT2D eigenvalue weighted by molar-refractivity contribution is 0.521. The standard InChI is InChI=1S/C13H15ClN2O2S2/c1-16(2)20(17,18)13-5-3-11(4-6-13)15-8-12-7-10(14)9-19-12/h3-7,9,15H,8H2,1-2H3. The Morgan fingerprint density at radius 1 is 1.25 bits per heavy atom. The molecule has 0 saturated heterocycles. The van der Waals surface area contributed by atoms with E-state index in [1.165, 1.54) is 18.4 Å². The van der Waals surface area contributed by atoms with Crippen molar-refractivity contribution in [2.24, 2.45) is 0 Å². The normalized spacial score (nSPS) is 11.8. The van der Waals surface area contributed by atoms with E-state index in [1.54, 1.807) is 35.6 Å². The molecule has 1 N–H and O–H groups in total. The summed E-state index contributed by atoms with van der Waals surface area (Å²) in [5.74, 6) is 0. The van der Waals surface area contributed by atoms with Crippen molar-refractivity contribution in [3.63, 3.8) is 0 Å². The predicted molar refractivity (Wildman–Crippen MR) is 84.0 cm³/mol. The zero-order chi connectivity index (χ0) is 14.8. The second kappa shape index (κ2) is 6.13. The average Bonchev–Trinajstić information content (AvgIpc) is 2.82. The van der Waals surface area contributed by atoms with Crippen LogP contribution in [0.1, 0.15) is 4.88 Å². The van der Waals surface area contributed by atoms with Gasteiger partial charge < -0.3 is 5.32 Å². The molecule has 1 aromatic heterocycles. The number of halogens is 1. The van der Waals surface area contributed by atoms with Crippen LogP contribution in [-0.4, -0.2) is 26.8 Å². The summed E-state index contributed by atoms with van der Waals surface area (Å²) in [7, 11) is -0.335. The largest absolute Gasteiger partial charge is 0.380 e. The number of hydrogen-bond donors (Lipinski definition) is 1. The molecule has 20 heavy (non-hydrogen) atoms. The van der Waals surface area contributed by atoms with Crippen molar-refractivity contribution in [2.45, 2.75) is 11.4 Å². The average molecular weight is 331 g/mol. The molecule has 7 heteroatoms. The molecule has 0 radical (unpaired) electrons. The van der Waals surface area contributed by atoms with Crippen LogP contribution in [0.3, 0.4) is 0 Å². The first kappa shape index (κ1) is 15.3. The van der Waals surface area contributed by atoms with Gasteiger partial charge in [-0.1, -0.05) is 11.6 Å². The lowest BCUT2D eigenvalue weighted by Crippen LogP contribution is -2.22. The first-order valence-corrected chi connectivity index (χ1v) is 8.59. The number of thiophene rings is 1. The van der Waals surface area contributed by atoms with Crippen molar-refractivity contribution in [3.8, 4) is 0 Å². The van der Waals surface area contributed by atoms with E-state index in [-0.39, 0.29) is 4.90 Å². The first-order valence-electron chi connectivity index (χ1n) is 5.89. The van der Waals surface area contributed by atoms with Crippen LogP contribution in [0.5, 0.6) is 0 Å². The zero-order valence-corrected chi connectivity index (χ0v) is 13.5. The van der Waals surface area contributed by atoms with E-state index in [2.05, 4.69) is 5.32 Å². The van der Waals surface area contributed by atoms with E-state index in [0.29, 0.717) is 6.54 Å². The van der Waals surface area contributed by atoms with Crippen LogP contribution in [0.15, 0.2) is 40.6 Å². The highest BCUT2D eigenvalue weighted by molar-refractivity contribution is 7.89. The number of hydrogen-bond acceptors (Lipinski definition) is 4. The summed E-state index contributed by atoms with van der Waals surface area (Å²) < 4.78 is 25.0. The molecule has 0 aliphatic heterocycles. The SMILES string of the molecule is CN(C)S(=O)(=O)c1ccc(NCc2cc(Cl)cs2)cc1. The van der Waals surface area contributed by atoms with E-state index in [9.17, 15) is 8.42 Å². The summed E-state index contributed by atoms with van der Waals surface area (Å²) in [5, 5.41) is 5.84. The molecular formula is C13H15ClN2O2S2. The van der Waals surface area contributed by atoms with Crippen molar-refractivity contribution < 1.29 is 8.42 Å². The molecule has 0 fully saturated rings. The Morgan fingerprint density at radius 2 is 1.90 bits per heavy atom. The lowest BCUT2D eigenvalue weighted by atomic mass is 10.3. The van der Waals surface area contributed by atoms with E-state index in [4.69, 9.17) is 11.6 Å². The van der Waals surface area contributed by atoms with Crippen LogP contribution in [0.25, 0.3) is 0 Å². The van der Waals surface area contributed by atoms with Gasteiger partial charge in [0.1, 0.15) is 0 Å². The fourth-order valence-electron chi connectivity index (χ4n) is 1.59. The lowest BCUT2D eigenvalue weighted by Gasteiger charge is -2.12. The molecule has 2 rings (SSSR count). The van der Waals surface area contributed by atoms with Crippen LogP contribution >= 0.6 is 22.9 Å². The van der Waals surface area contributed by atoms with Crippen LogP contribution in [0.4, 0.5) is 5.69 Å². The maximum atomic E-state index is 11.9. The molecule has 0 aliphatic carbocycles. The quantitative estimate of drug-likeness (QED) is 0.915. The molecular weight excluding hydrogens is 316 g/mol. The monoisotopic (exact) mass is 330 g/mol. The molecule has 2 aromatic rings. The topological polar surface area (TPSA) is 49.4 Å². The number of nitrogens with one attached hydrogen (secondary N) is 1. The Bertz CT molecular complexity index is 679. The summed E-state index contributed by atoms with van der Waals surface area (Å²) in [5.41, 5.74) is 0.868. The third-order valence-electron chi connectivity index (χ3n) is 2.72. The van der Waals surface area contributed by atoms with E-state index in [1.807, 2.05) is 11.4 Å². The number of rotatable bonds is 5. The Balaban J connectivity index is 2.05. The molecule has 0 bridgehead atoms. The van der Waals surface area contributed by atoms with Gasteiger partial charge in [0.2, 0.25) is 10.0 Å². The molecule has 0 amide bonds. The van der Waals surface area contributed by atoms with Crippen molar-refractivity contribution in [2.75, 3.05) is 19.4 Å². The first-order chi connectivity index (χ1) is 9.39. The highest BCUT2D eigenvalue weighted by Gasteiger charge is 2.16.